The number of H-pyrrole nitrogens is 1. The Morgan fingerprint density at radius 1 is 1.14 bits per heavy atom. The summed E-state index contributed by atoms with van der Waals surface area (Å²) in [6.45, 7) is 2.32. The molecule has 1 fully saturated rings. The number of rotatable bonds is 2. The molecule has 0 spiro atoms. The molecule has 3 N–H and O–H groups in total. The molecular weight excluding hydrogens is 305 g/mol. The second kappa shape index (κ2) is 5.90. The fourth-order valence-corrected chi connectivity index (χ4v) is 3.47. The molecule has 2 aromatic rings. The third-order valence-corrected chi connectivity index (χ3v) is 5.19. The van der Waals surface area contributed by atoms with Gasteiger partial charge in [-0.3, -0.25) is 5.10 Å². The van der Waals surface area contributed by atoms with Crippen LogP contribution in [0.2, 0.25) is 10.0 Å². The number of nitrogens with two attached hydrogens (primary N) is 1. The van der Waals surface area contributed by atoms with Gasteiger partial charge in [-0.25, -0.2) is 0 Å². The van der Waals surface area contributed by atoms with Crippen LogP contribution in [0.25, 0.3) is 11.1 Å². The van der Waals surface area contributed by atoms with E-state index in [4.69, 9.17) is 28.9 Å². The van der Waals surface area contributed by atoms with Crippen molar-refractivity contribution in [1.82, 2.24) is 10.2 Å². The van der Waals surface area contributed by atoms with E-state index in [-0.39, 0.29) is 0 Å². The number of hydrogen-bond acceptors (Lipinski definition) is 2. The van der Waals surface area contributed by atoms with Gasteiger partial charge in [0.25, 0.3) is 0 Å². The summed E-state index contributed by atoms with van der Waals surface area (Å²) in [6.07, 6.45) is 4.86. The van der Waals surface area contributed by atoms with E-state index in [1.165, 1.54) is 25.7 Å². The van der Waals surface area contributed by atoms with Crippen LogP contribution in [0.3, 0.4) is 0 Å². The number of nitrogens with one attached hydrogen (secondary N) is 1. The van der Waals surface area contributed by atoms with E-state index in [1.54, 1.807) is 6.07 Å². The third-order valence-electron chi connectivity index (χ3n) is 4.45. The van der Waals surface area contributed by atoms with Gasteiger partial charge in [0.2, 0.25) is 0 Å². The van der Waals surface area contributed by atoms with Crippen LogP contribution in [0.1, 0.15) is 44.2 Å². The van der Waals surface area contributed by atoms with Gasteiger partial charge in [-0.05, 0) is 36.5 Å². The van der Waals surface area contributed by atoms with Gasteiger partial charge in [0.1, 0.15) is 0 Å². The van der Waals surface area contributed by atoms with E-state index in [0.29, 0.717) is 21.8 Å². The molecule has 0 unspecified atom stereocenters. The number of nitrogen functional groups attached to an aromatic ring is 1. The van der Waals surface area contributed by atoms with Gasteiger partial charge < -0.3 is 5.73 Å². The predicted octanol–water partition coefficient (Wildman–Crippen LogP) is 5.26. The molecule has 1 saturated carbocycles. The Labute approximate surface area is 134 Å². The van der Waals surface area contributed by atoms with E-state index in [9.17, 15) is 0 Å². The van der Waals surface area contributed by atoms with Crippen molar-refractivity contribution >= 4 is 29.0 Å². The van der Waals surface area contributed by atoms with Crippen LogP contribution in [0.4, 0.5) is 5.82 Å². The topological polar surface area (TPSA) is 54.7 Å². The standard InChI is InChI=1S/C16H19Cl2N3/c1-9-2-4-10(5-3-9)15-14(16(19)21-20-15)11-6-7-12(17)13(18)8-11/h6-10H,2-5H2,1H3,(H3,19,20,21). The summed E-state index contributed by atoms with van der Waals surface area (Å²) in [5, 5.41) is 8.45. The number of anilines is 1. The average Bonchev–Trinajstić information content (AvgIpc) is 2.85. The minimum absolute atomic E-state index is 0.496. The molecule has 3 nitrogen and oxygen atoms in total. The number of hydrogen-bond donors (Lipinski definition) is 2. The highest BCUT2D eigenvalue weighted by Gasteiger charge is 2.25. The van der Waals surface area contributed by atoms with Crippen molar-refractivity contribution < 1.29 is 0 Å². The number of benzene rings is 1. The van der Waals surface area contributed by atoms with E-state index >= 15 is 0 Å². The van der Waals surface area contributed by atoms with Crippen molar-refractivity contribution in [3.63, 3.8) is 0 Å². The molecule has 0 radical (unpaired) electrons. The highest BCUT2D eigenvalue weighted by Crippen LogP contribution is 2.41. The molecule has 21 heavy (non-hydrogen) atoms. The van der Waals surface area contributed by atoms with Crippen molar-refractivity contribution in [1.29, 1.82) is 0 Å². The van der Waals surface area contributed by atoms with E-state index in [2.05, 4.69) is 17.1 Å². The van der Waals surface area contributed by atoms with Crippen molar-refractivity contribution in [2.24, 2.45) is 5.92 Å². The zero-order valence-corrected chi connectivity index (χ0v) is 13.5. The molecule has 1 aromatic heterocycles. The molecule has 5 heteroatoms. The van der Waals surface area contributed by atoms with E-state index in [1.807, 2.05) is 12.1 Å². The van der Waals surface area contributed by atoms with Gasteiger partial charge in [0, 0.05) is 17.2 Å². The Morgan fingerprint density at radius 3 is 2.52 bits per heavy atom. The van der Waals surface area contributed by atoms with Crippen molar-refractivity contribution in [2.45, 2.75) is 38.5 Å². The smallest absolute Gasteiger partial charge is 0.153 e. The maximum absolute atomic E-state index is 6.14. The van der Waals surface area contributed by atoms with Crippen LogP contribution in [0, 0.1) is 5.92 Å². The molecule has 1 heterocycles. The Morgan fingerprint density at radius 2 is 1.86 bits per heavy atom. The number of halogens is 2. The van der Waals surface area contributed by atoms with Crippen LogP contribution in [-0.2, 0) is 0 Å². The highest BCUT2D eigenvalue weighted by molar-refractivity contribution is 6.42. The van der Waals surface area contributed by atoms with Crippen LogP contribution in [0.5, 0.6) is 0 Å². The molecule has 0 atom stereocenters. The summed E-state index contributed by atoms with van der Waals surface area (Å²) in [4.78, 5) is 0. The van der Waals surface area contributed by atoms with Gasteiger partial charge in [0.15, 0.2) is 5.82 Å². The maximum atomic E-state index is 6.14. The molecule has 1 aliphatic rings. The normalized spacial score (nSPS) is 22.4. The maximum Gasteiger partial charge on any atom is 0.153 e. The summed E-state index contributed by atoms with van der Waals surface area (Å²) < 4.78 is 0. The highest BCUT2D eigenvalue weighted by atomic mass is 35.5. The summed E-state index contributed by atoms with van der Waals surface area (Å²) in [6, 6.07) is 5.61. The lowest BCUT2D eigenvalue weighted by molar-refractivity contribution is 0.344. The first-order valence-corrected chi connectivity index (χ1v) is 8.11. The van der Waals surface area contributed by atoms with Gasteiger partial charge >= 0.3 is 0 Å². The summed E-state index contributed by atoms with van der Waals surface area (Å²) in [7, 11) is 0. The summed E-state index contributed by atoms with van der Waals surface area (Å²) in [5.41, 5.74) is 9.17. The monoisotopic (exact) mass is 323 g/mol. The average molecular weight is 324 g/mol. The lowest BCUT2D eigenvalue weighted by Gasteiger charge is -2.26. The Hall–Kier alpha value is -1.19. The van der Waals surface area contributed by atoms with Gasteiger partial charge in [0.05, 0.1) is 10.0 Å². The lowest BCUT2D eigenvalue weighted by atomic mass is 9.80. The Kier molecular flexibility index (Phi) is 4.14. The first-order chi connectivity index (χ1) is 10.1. The van der Waals surface area contributed by atoms with Crippen LogP contribution in [0.15, 0.2) is 18.2 Å². The first-order valence-electron chi connectivity index (χ1n) is 7.35. The second-order valence-corrected chi connectivity index (χ2v) is 6.80. The quantitative estimate of drug-likeness (QED) is 0.792. The number of aromatic amines is 1. The van der Waals surface area contributed by atoms with Crippen LogP contribution >= 0.6 is 23.2 Å². The van der Waals surface area contributed by atoms with Gasteiger partial charge in [-0.1, -0.05) is 49.0 Å². The zero-order chi connectivity index (χ0) is 15.0. The summed E-state index contributed by atoms with van der Waals surface area (Å²) >= 11 is 12.1. The predicted molar refractivity (Wildman–Crippen MR) is 88.8 cm³/mol. The Bertz CT molecular complexity index is 643. The SMILES string of the molecule is CC1CCC(c2[nH]nc(N)c2-c2ccc(Cl)c(Cl)c2)CC1. The molecule has 0 bridgehead atoms. The van der Waals surface area contributed by atoms with Gasteiger partial charge in [-0.2, -0.15) is 5.10 Å². The van der Waals surface area contributed by atoms with Crippen molar-refractivity contribution in [3.8, 4) is 11.1 Å². The van der Waals surface area contributed by atoms with Crippen molar-refractivity contribution in [3.05, 3.63) is 33.9 Å². The fraction of sp³-hybridized carbons (Fsp3) is 0.438. The minimum Gasteiger partial charge on any atom is -0.382 e. The molecule has 1 aliphatic carbocycles. The summed E-state index contributed by atoms with van der Waals surface area (Å²) in [5.74, 6) is 1.84. The van der Waals surface area contributed by atoms with Crippen molar-refractivity contribution in [2.75, 3.05) is 5.73 Å². The minimum atomic E-state index is 0.496. The largest absolute Gasteiger partial charge is 0.382 e. The van der Waals surface area contributed by atoms with Crippen LogP contribution < -0.4 is 5.73 Å². The lowest BCUT2D eigenvalue weighted by Crippen LogP contribution is -2.12. The molecule has 0 amide bonds. The molecular formula is C16H19Cl2N3. The molecule has 3 rings (SSSR count). The number of aromatic nitrogens is 2. The Balaban J connectivity index is 1.98. The molecule has 0 saturated heterocycles. The molecule has 0 aliphatic heterocycles. The molecule has 1 aromatic carbocycles. The first kappa shape index (κ1) is 14.7. The van der Waals surface area contributed by atoms with E-state index in [0.717, 1.165) is 22.7 Å². The molecule has 112 valence electrons. The zero-order valence-electron chi connectivity index (χ0n) is 12.0. The number of nitrogens with zero attached hydrogens (tertiary/aromatic N) is 1. The third kappa shape index (κ3) is 2.90. The fourth-order valence-electron chi connectivity index (χ4n) is 3.17. The second-order valence-electron chi connectivity index (χ2n) is 5.98. The van der Waals surface area contributed by atoms with Gasteiger partial charge in [-0.15, -0.1) is 0 Å². The van der Waals surface area contributed by atoms with Crippen LogP contribution in [-0.4, -0.2) is 10.2 Å². The van der Waals surface area contributed by atoms with E-state index < -0.39 is 0 Å².